The average Bonchev–Trinajstić information content (AvgIpc) is 2.67. The van der Waals surface area contributed by atoms with Crippen molar-refractivity contribution < 1.29 is 24.1 Å². The minimum atomic E-state index is -0.620. The van der Waals surface area contributed by atoms with Gasteiger partial charge >= 0.3 is 5.97 Å². The highest BCUT2D eigenvalue weighted by Crippen LogP contribution is 2.26. The van der Waals surface area contributed by atoms with Gasteiger partial charge < -0.3 is 9.47 Å². The molecule has 0 aliphatic heterocycles. The molecule has 2 aromatic carbocycles. The van der Waals surface area contributed by atoms with Gasteiger partial charge in [-0.25, -0.2) is 0 Å². The number of hydrogen-bond donors (Lipinski definition) is 0. The molecule has 0 saturated heterocycles. The van der Waals surface area contributed by atoms with E-state index in [1.165, 1.54) is 36.4 Å². The van der Waals surface area contributed by atoms with Gasteiger partial charge in [-0.15, -0.1) is 0 Å². The first kappa shape index (κ1) is 20.1. The molecule has 0 fully saturated rings. The topological polar surface area (TPSA) is 171 Å². The molecule has 0 unspecified atom stereocenters. The number of esters is 1. The van der Waals surface area contributed by atoms with Crippen molar-refractivity contribution in [3.05, 3.63) is 84.3 Å². The Labute approximate surface area is 157 Å². The summed E-state index contributed by atoms with van der Waals surface area (Å²) < 4.78 is 10.3. The molecule has 12 nitrogen and oxygen atoms in total. The molecule has 0 radical (unpaired) electrons. The summed E-state index contributed by atoms with van der Waals surface area (Å²) in [4.78, 5) is 34.8. The second-order valence-corrected chi connectivity index (χ2v) is 5.31. The van der Waals surface area contributed by atoms with Gasteiger partial charge in [0.1, 0.15) is 12.4 Å². The van der Waals surface area contributed by atoms with Gasteiger partial charge in [0, 0.05) is 28.7 Å². The maximum atomic E-state index is 12.0. The lowest BCUT2D eigenvalue weighted by atomic mass is 10.1. The van der Waals surface area contributed by atoms with E-state index in [2.05, 4.69) is 10.0 Å². The van der Waals surface area contributed by atoms with Crippen LogP contribution in [0.5, 0.6) is 5.75 Å². The third-order valence-electron chi connectivity index (χ3n) is 3.49. The molecular weight excluding hydrogens is 374 g/mol. The number of azide groups is 1. The number of nitro groups is 2. The second-order valence-electron chi connectivity index (χ2n) is 5.31. The molecule has 0 saturated carbocycles. The fraction of sp³-hybridized carbons (Fsp3) is 0.188. The molecule has 0 aliphatic carbocycles. The van der Waals surface area contributed by atoms with E-state index in [9.17, 15) is 25.0 Å². The average molecular weight is 387 g/mol. The van der Waals surface area contributed by atoms with Gasteiger partial charge in [-0.1, -0.05) is 17.2 Å². The van der Waals surface area contributed by atoms with E-state index in [0.717, 1.165) is 6.07 Å². The van der Waals surface area contributed by atoms with Gasteiger partial charge in [-0.2, -0.15) is 0 Å². The highest BCUT2D eigenvalue weighted by Gasteiger charge is 2.14. The van der Waals surface area contributed by atoms with E-state index < -0.39 is 15.8 Å². The largest absolute Gasteiger partial charge is 0.487 e. The van der Waals surface area contributed by atoms with Crippen LogP contribution in [0.2, 0.25) is 0 Å². The van der Waals surface area contributed by atoms with Gasteiger partial charge in [-0.3, -0.25) is 25.0 Å². The fourth-order valence-electron chi connectivity index (χ4n) is 2.15. The van der Waals surface area contributed by atoms with Crippen molar-refractivity contribution in [3.8, 4) is 5.75 Å². The van der Waals surface area contributed by atoms with Crippen LogP contribution in [0.4, 0.5) is 11.4 Å². The molecule has 0 aromatic heterocycles. The molecule has 2 rings (SSSR count). The number of ether oxygens (including phenoxy) is 2. The summed E-state index contributed by atoms with van der Waals surface area (Å²) in [5.74, 6) is -0.557. The van der Waals surface area contributed by atoms with E-state index in [4.69, 9.17) is 15.0 Å². The lowest BCUT2D eigenvalue weighted by Crippen LogP contribution is -2.09. The zero-order valence-corrected chi connectivity index (χ0v) is 14.3. The number of benzene rings is 2. The number of nitrogens with zero attached hydrogens (tertiary/aromatic N) is 5. The Morgan fingerprint density at radius 2 is 1.71 bits per heavy atom. The van der Waals surface area contributed by atoms with Crippen LogP contribution in [-0.4, -0.2) is 22.5 Å². The molecular formula is C16H13N5O7. The van der Waals surface area contributed by atoms with Crippen LogP contribution in [0.15, 0.2) is 47.6 Å². The number of hydrogen-bond acceptors (Lipinski definition) is 8. The Morgan fingerprint density at radius 3 is 2.32 bits per heavy atom. The van der Waals surface area contributed by atoms with Gasteiger partial charge in [0.25, 0.3) is 11.4 Å². The van der Waals surface area contributed by atoms with Crippen LogP contribution in [0.1, 0.15) is 11.1 Å². The zero-order valence-electron chi connectivity index (χ0n) is 14.3. The quantitative estimate of drug-likeness (QED) is 0.158. The van der Waals surface area contributed by atoms with Crippen molar-refractivity contribution in [1.29, 1.82) is 0 Å². The van der Waals surface area contributed by atoms with E-state index in [0.29, 0.717) is 11.1 Å². The lowest BCUT2D eigenvalue weighted by Gasteiger charge is -2.10. The van der Waals surface area contributed by atoms with Crippen LogP contribution in [0.25, 0.3) is 10.4 Å². The monoisotopic (exact) mass is 387 g/mol. The number of non-ortho nitro benzene ring substituents is 2. The van der Waals surface area contributed by atoms with Crippen LogP contribution in [-0.2, 0) is 22.6 Å². The predicted molar refractivity (Wildman–Crippen MR) is 94.3 cm³/mol. The molecule has 144 valence electrons. The summed E-state index contributed by atoms with van der Waals surface area (Å²) in [6, 6.07) is 9.16. The van der Waals surface area contributed by atoms with Crippen LogP contribution < -0.4 is 4.74 Å². The molecule has 0 spiro atoms. The Bertz CT molecular complexity index is 939. The Kier molecular flexibility index (Phi) is 6.83. The molecule has 2 aromatic rings. The Morgan fingerprint density at radius 1 is 1.07 bits per heavy atom. The van der Waals surface area contributed by atoms with E-state index >= 15 is 0 Å². The fourth-order valence-corrected chi connectivity index (χ4v) is 2.15. The van der Waals surface area contributed by atoms with E-state index in [1.54, 1.807) is 0 Å². The molecule has 0 heterocycles. The minimum absolute atomic E-state index is 0.0461. The third-order valence-corrected chi connectivity index (χ3v) is 3.49. The maximum Gasteiger partial charge on any atom is 0.310 e. The standard InChI is InChI=1S/C16H13N5O7/c17-19-18-10-28-15-8-14(21(25)26)6-3-12(15)9-27-16(22)7-11-1-4-13(5-2-11)20(23)24/h1-6,8H,7,9-10H2. The molecule has 0 aliphatic rings. The van der Waals surface area contributed by atoms with Gasteiger partial charge in [0.15, 0.2) is 6.73 Å². The van der Waals surface area contributed by atoms with Crippen LogP contribution in [0.3, 0.4) is 0 Å². The second kappa shape index (κ2) is 9.50. The molecule has 28 heavy (non-hydrogen) atoms. The van der Waals surface area contributed by atoms with Crippen molar-refractivity contribution in [2.75, 3.05) is 6.73 Å². The van der Waals surface area contributed by atoms with E-state index in [1.807, 2.05) is 0 Å². The summed E-state index contributed by atoms with van der Waals surface area (Å²) in [6.45, 7) is -0.614. The number of nitro benzene ring substituents is 2. The summed E-state index contributed by atoms with van der Waals surface area (Å²) in [5, 5.41) is 24.7. The van der Waals surface area contributed by atoms with Crippen LogP contribution >= 0.6 is 0 Å². The lowest BCUT2D eigenvalue weighted by molar-refractivity contribution is -0.385. The molecule has 0 atom stereocenters. The number of carbonyl (C=O) groups is 1. The zero-order chi connectivity index (χ0) is 20.5. The van der Waals surface area contributed by atoms with Crippen molar-refractivity contribution in [1.82, 2.24) is 0 Å². The van der Waals surface area contributed by atoms with Crippen molar-refractivity contribution in [2.24, 2.45) is 5.11 Å². The molecule has 0 bridgehead atoms. The molecule has 0 N–H and O–H groups in total. The van der Waals surface area contributed by atoms with E-state index in [-0.39, 0.29) is 36.9 Å². The number of carbonyl (C=O) groups excluding carboxylic acids is 1. The summed E-state index contributed by atoms with van der Waals surface area (Å²) in [7, 11) is 0. The maximum absolute atomic E-state index is 12.0. The van der Waals surface area contributed by atoms with Crippen molar-refractivity contribution >= 4 is 17.3 Å². The Hall–Kier alpha value is -4.18. The smallest absolute Gasteiger partial charge is 0.310 e. The minimum Gasteiger partial charge on any atom is -0.487 e. The van der Waals surface area contributed by atoms with Crippen molar-refractivity contribution in [3.63, 3.8) is 0 Å². The predicted octanol–water partition coefficient (Wildman–Crippen LogP) is 3.44. The first-order valence-corrected chi connectivity index (χ1v) is 7.70. The Balaban J connectivity index is 2.03. The van der Waals surface area contributed by atoms with Gasteiger partial charge in [0.05, 0.1) is 22.3 Å². The normalized spacial score (nSPS) is 9.86. The van der Waals surface area contributed by atoms with Gasteiger partial charge in [0.2, 0.25) is 0 Å². The first-order chi connectivity index (χ1) is 13.4. The summed E-state index contributed by atoms with van der Waals surface area (Å²) in [5.41, 5.74) is 8.82. The third kappa shape index (κ3) is 5.68. The van der Waals surface area contributed by atoms with Gasteiger partial charge in [-0.05, 0) is 17.2 Å². The summed E-state index contributed by atoms with van der Waals surface area (Å²) >= 11 is 0. The summed E-state index contributed by atoms with van der Waals surface area (Å²) in [6.07, 6.45) is -0.111. The van der Waals surface area contributed by atoms with Crippen molar-refractivity contribution in [2.45, 2.75) is 13.0 Å². The highest BCUT2D eigenvalue weighted by atomic mass is 16.6. The highest BCUT2D eigenvalue weighted by molar-refractivity contribution is 5.72. The first-order valence-electron chi connectivity index (χ1n) is 7.70. The molecule has 12 heteroatoms. The number of rotatable bonds is 9. The SMILES string of the molecule is [N-]=[N+]=NCOc1cc([N+](=O)[O-])ccc1COC(=O)Cc1ccc([N+](=O)[O-])cc1. The van der Waals surface area contributed by atoms with Crippen LogP contribution in [0, 0.1) is 20.2 Å². The molecule has 0 amide bonds.